The second kappa shape index (κ2) is 6.89. The highest BCUT2D eigenvalue weighted by molar-refractivity contribution is 7.89. The Kier molecular flexibility index (Phi) is 5.43. The molecule has 0 aromatic heterocycles. The van der Waals surface area contributed by atoms with Gasteiger partial charge in [0, 0.05) is 32.7 Å². The standard InChI is InChI=1S/C14H20ClNO3S/c1-16(11-12-5-7-19-8-6-12)20(17,18)14-4-2-3-13(9-14)10-15/h2-4,9,12H,5-8,10-11H2,1H3. The van der Waals surface area contributed by atoms with Crippen LogP contribution < -0.4 is 0 Å². The SMILES string of the molecule is CN(CC1CCOCC1)S(=O)(=O)c1cccc(CCl)c1. The number of hydrogen-bond donors (Lipinski definition) is 0. The lowest BCUT2D eigenvalue weighted by molar-refractivity contribution is 0.0620. The highest BCUT2D eigenvalue weighted by atomic mass is 35.5. The predicted octanol–water partition coefficient (Wildman–Crippen LogP) is 2.47. The molecule has 1 aliphatic heterocycles. The lowest BCUT2D eigenvalue weighted by Crippen LogP contribution is -2.34. The van der Waals surface area contributed by atoms with E-state index in [4.69, 9.17) is 16.3 Å². The van der Waals surface area contributed by atoms with Crippen LogP contribution in [0.1, 0.15) is 18.4 Å². The highest BCUT2D eigenvalue weighted by Crippen LogP contribution is 2.21. The van der Waals surface area contributed by atoms with Crippen molar-refractivity contribution in [2.75, 3.05) is 26.8 Å². The normalized spacial score (nSPS) is 17.6. The van der Waals surface area contributed by atoms with Gasteiger partial charge >= 0.3 is 0 Å². The molecule has 20 heavy (non-hydrogen) atoms. The summed E-state index contributed by atoms with van der Waals surface area (Å²) in [6.45, 7) is 1.98. The Morgan fingerprint density at radius 3 is 2.70 bits per heavy atom. The zero-order chi connectivity index (χ0) is 14.6. The first kappa shape index (κ1) is 15.8. The van der Waals surface area contributed by atoms with Crippen molar-refractivity contribution in [2.45, 2.75) is 23.6 Å². The molecule has 0 unspecified atom stereocenters. The maximum Gasteiger partial charge on any atom is 0.242 e. The number of benzene rings is 1. The van der Waals surface area contributed by atoms with Gasteiger partial charge in [-0.2, -0.15) is 0 Å². The van der Waals surface area contributed by atoms with Crippen LogP contribution in [0.5, 0.6) is 0 Å². The Morgan fingerprint density at radius 1 is 1.35 bits per heavy atom. The molecule has 0 bridgehead atoms. The fourth-order valence-electron chi connectivity index (χ4n) is 2.36. The molecule has 1 saturated heterocycles. The molecule has 1 aliphatic rings. The van der Waals surface area contributed by atoms with Gasteiger partial charge in [-0.25, -0.2) is 12.7 Å². The Labute approximate surface area is 125 Å². The smallest absolute Gasteiger partial charge is 0.242 e. The Balaban J connectivity index is 2.11. The first-order valence-corrected chi connectivity index (χ1v) is 8.70. The van der Waals surface area contributed by atoms with E-state index >= 15 is 0 Å². The fraction of sp³-hybridized carbons (Fsp3) is 0.571. The molecule has 4 nitrogen and oxygen atoms in total. The summed E-state index contributed by atoms with van der Waals surface area (Å²) in [5.41, 5.74) is 0.812. The second-order valence-electron chi connectivity index (χ2n) is 5.12. The molecule has 1 heterocycles. The number of rotatable bonds is 5. The summed E-state index contributed by atoms with van der Waals surface area (Å²) in [5.74, 6) is 0.687. The van der Waals surface area contributed by atoms with Crippen LogP contribution in [0, 0.1) is 5.92 Å². The van der Waals surface area contributed by atoms with Gasteiger partial charge in [-0.05, 0) is 36.5 Å². The molecule has 0 N–H and O–H groups in total. The van der Waals surface area contributed by atoms with Gasteiger partial charge in [-0.15, -0.1) is 11.6 Å². The summed E-state index contributed by atoms with van der Waals surface area (Å²) in [6, 6.07) is 6.81. The van der Waals surface area contributed by atoms with Crippen molar-refractivity contribution in [1.29, 1.82) is 0 Å². The van der Waals surface area contributed by atoms with E-state index in [-0.39, 0.29) is 0 Å². The van der Waals surface area contributed by atoms with Crippen molar-refractivity contribution in [2.24, 2.45) is 5.92 Å². The minimum atomic E-state index is -3.44. The van der Waals surface area contributed by atoms with E-state index in [2.05, 4.69) is 0 Å². The lowest BCUT2D eigenvalue weighted by atomic mass is 10.0. The van der Waals surface area contributed by atoms with Crippen LogP contribution in [0.25, 0.3) is 0 Å². The number of alkyl halides is 1. The predicted molar refractivity (Wildman–Crippen MR) is 79.4 cm³/mol. The molecule has 112 valence electrons. The van der Waals surface area contributed by atoms with Gasteiger partial charge in [0.05, 0.1) is 4.90 Å². The van der Waals surface area contributed by atoms with Gasteiger partial charge in [0.25, 0.3) is 0 Å². The van der Waals surface area contributed by atoms with Crippen LogP contribution in [0.3, 0.4) is 0 Å². The third-order valence-corrected chi connectivity index (χ3v) is 5.75. The number of hydrogen-bond acceptors (Lipinski definition) is 3. The van der Waals surface area contributed by atoms with Crippen molar-refractivity contribution in [1.82, 2.24) is 4.31 Å². The first-order valence-electron chi connectivity index (χ1n) is 6.73. The fourth-order valence-corrected chi connectivity index (χ4v) is 3.84. The van der Waals surface area contributed by atoms with E-state index in [9.17, 15) is 8.42 Å². The molecule has 2 rings (SSSR count). The number of nitrogens with zero attached hydrogens (tertiary/aromatic N) is 1. The molecule has 0 saturated carbocycles. The van der Waals surface area contributed by atoms with Gasteiger partial charge in [0.1, 0.15) is 0 Å². The first-order chi connectivity index (χ1) is 9.54. The summed E-state index contributed by atoms with van der Waals surface area (Å²) in [4.78, 5) is 0.310. The molecule has 0 atom stereocenters. The van der Waals surface area contributed by atoms with Crippen LogP contribution in [0.4, 0.5) is 0 Å². The average Bonchev–Trinajstić information content (AvgIpc) is 2.48. The number of sulfonamides is 1. The van der Waals surface area contributed by atoms with E-state index < -0.39 is 10.0 Å². The molecule has 0 amide bonds. The van der Waals surface area contributed by atoms with Crippen LogP contribution in [0.15, 0.2) is 29.2 Å². The molecule has 0 spiro atoms. The minimum absolute atomic E-state index is 0.310. The molecule has 0 radical (unpaired) electrons. The van der Waals surface area contributed by atoms with E-state index in [1.807, 2.05) is 6.07 Å². The third kappa shape index (κ3) is 3.73. The molecule has 6 heteroatoms. The number of ether oxygens (including phenoxy) is 1. The highest BCUT2D eigenvalue weighted by Gasteiger charge is 2.25. The van der Waals surface area contributed by atoms with Gasteiger partial charge in [-0.1, -0.05) is 12.1 Å². The van der Waals surface area contributed by atoms with Gasteiger partial charge < -0.3 is 4.74 Å². The topological polar surface area (TPSA) is 46.6 Å². The van der Waals surface area contributed by atoms with E-state index in [0.717, 1.165) is 31.6 Å². The molecular formula is C14H20ClNO3S. The molecule has 0 aliphatic carbocycles. The summed E-state index contributed by atoms with van der Waals surface area (Å²) in [7, 11) is -1.80. The lowest BCUT2D eigenvalue weighted by Gasteiger charge is -2.26. The Bertz CT molecular complexity index is 541. The van der Waals surface area contributed by atoms with E-state index in [0.29, 0.717) is 23.2 Å². The van der Waals surface area contributed by atoms with Crippen LogP contribution in [0.2, 0.25) is 0 Å². The average molecular weight is 318 g/mol. The van der Waals surface area contributed by atoms with E-state index in [1.165, 1.54) is 4.31 Å². The molecule has 1 aromatic rings. The largest absolute Gasteiger partial charge is 0.381 e. The van der Waals surface area contributed by atoms with Crippen molar-refractivity contribution in [3.8, 4) is 0 Å². The van der Waals surface area contributed by atoms with Crippen LogP contribution in [-0.2, 0) is 20.6 Å². The second-order valence-corrected chi connectivity index (χ2v) is 7.43. The van der Waals surface area contributed by atoms with E-state index in [1.54, 1.807) is 25.2 Å². The van der Waals surface area contributed by atoms with Gasteiger partial charge in [-0.3, -0.25) is 0 Å². The van der Waals surface area contributed by atoms with Crippen molar-refractivity contribution >= 4 is 21.6 Å². The minimum Gasteiger partial charge on any atom is -0.381 e. The maximum absolute atomic E-state index is 12.5. The maximum atomic E-state index is 12.5. The van der Waals surface area contributed by atoms with Crippen molar-refractivity contribution < 1.29 is 13.2 Å². The van der Waals surface area contributed by atoms with Crippen LogP contribution >= 0.6 is 11.6 Å². The summed E-state index contributed by atoms with van der Waals surface area (Å²) < 4.78 is 31.8. The number of halogens is 1. The Morgan fingerprint density at radius 2 is 2.05 bits per heavy atom. The Hall–Kier alpha value is -0.620. The zero-order valence-electron chi connectivity index (χ0n) is 11.6. The van der Waals surface area contributed by atoms with Gasteiger partial charge in [0.2, 0.25) is 10.0 Å². The summed E-state index contributed by atoms with van der Waals surface area (Å²) in [5, 5.41) is 0. The third-order valence-electron chi connectivity index (χ3n) is 3.62. The monoisotopic (exact) mass is 317 g/mol. The zero-order valence-corrected chi connectivity index (χ0v) is 13.2. The molecule has 1 fully saturated rings. The summed E-state index contributed by atoms with van der Waals surface area (Å²) in [6.07, 6.45) is 1.84. The van der Waals surface area contributed by atoms with Crippen molar-refractivity contribution in [3.05, 3.63) is 29.8 Å². The molecular weight excluding hydrogens is 298 g/mol. The summed E-state index contributed by atoms with van der Waals surface area (Å²) >= 11 is 5.76. The van der Waals surface area contributed by atoms with Crippen molar-refractivity contribution in [3.63, 3.8) is 0 Å². The quantitative estimate of drug-likeness (QED) is 0.784. The molecule has 1 aromatic carbocycles. The van der Waals surface area contributed by atoms with Crippen LogP contribution in [-0.4, -0.2) is 39.5 Å². The van der Waals surface area contributed by atoms with Gasteiger partial charge in [0.15, 0.2) is 0 Å².